The summed E-state index contributed by atoms with van der Waals surface area (Å²) in [6, 6.07) is -0.272. The second-order valence-electron chi connectivity index (χ2n) is 4.34. The molecule has 0 aromatic carbocycles. The van der Waals surface area contributed by atoms with E-state index in [1.807, 2.05) is 0 Å². The van der Waals surface area contributed by atoms with Crippen molar-refractivity contribution in [1.29, 1.82) is 0 Å². The number of nitrogens with one attached hydrogen (secondary N) is 1. The van der Waals surface area contributed by atoms with E-state index in [4.69, 9.17) is 0 Å². The van der Waals surface area contributed by atoms with E-state index < -0.39 is 0 Å². The Morgan fingerprint density at radius 2 is 1.93 bits per heavy atom. The third-order valence-electron chi connectivity index (χ3n) is 3.19. The Hall–Kier alpha value is -1.10. The van der Waals surface area contributed by atoms with Crippen molar-refractivity contribution in [3.63, 3.8) is 0 Å². The Labute approximate surface area is 88.4 Å². The predicted octanol–water partition coefficient (Wildman–Crippen LogP) is 0.0893. The number of aliphatic hydroxyl groups is 1. The summed E-state index contributed by atoms with van der Waals surface area (Å²) in [4.78, 5) is 23.9. The van der Waals surface area contributed by atoms with Gasteiger partial charge in [0, 0.05) is 6.54 Å². The van der Waals surface area contributed by atoms with Crippen LogP contribution in [0.25, 0.3) is 0 Å². The average Bonchev–Trinajstić information content (AvgIpc) is 2.53. The highest BCUT2D eigenvalue weighted by atomic mass is 16.3. The highest BCUT2D eigenvalue weighted by molar-refractivity contribution is 6.01. The first-order valence-electron chi connectivity index (χ1n) is 5.43. The fourth-order valence-electron chi connectivity index (χ4n) is 2.23. The van der Waals surface area contributed by atoms with Gasteiger partial charge < -0.3 is 10.4 Å². The molecule has 84 valence electrons. The van der Waals surface area contributed by atoms with E-state index in [-0.39, 0.29) is 24.6 Å². The summed E-state index contributed by atoms with van der Waals surface area (Å²) in [7, 11) is 0. The summed E-state index contributed by atoms with van der Waals surface area (Å²) in [5.41, 5.74) is 0. The summed E-state index contributed by atoms with van der Waals surface area (Å²) in [5.74, 6) is 0.229. The quantitative estimate of drug-likeness (QED) is 0.637. The minimum Gasteiger partial charge on any atom is -0.393 e. The number of urea groups is 1. The molecule has 0 unspecified atom stereocenters. The second-order valence-corrected chi connectivity index (χ2v) is 4.34. The number of carbonyl (C=O) groups excluding carboxylic acids is 2. The standard InChI is InChI=1S/C10H16N2O3/c13-8-3-1-7(2-4-8)6-12-9(14)5-11-10(12)15/h7-8,13H,1-6H2,(H,11,15). The van der Waals surface area contributed by atoms with E-state index in [1.165, 1.54) is 4.90 Å². The number of carbonyl (C=O) groups is 2. The maximum absolute atomic E-state index is 11.3. The summed E-state index contributed by atoms with van der Waals surface area (Å²) >= 11 is 0. The summed E-state index contributed by atoms with van der Waals surface area (Å²) < 4.78 is 0. The van der Waals surface area contributed by atoms with Crippen molar-refractivity contribution in [3.05, 3.63) is 0 Å². The SMILES string of the molecule is O=C1CNC(=O)N1CC1CCC(O)CC1. The van der Waals surface area contributed by atoms with Gasteiger partial charge in [0.05, 0.1) is 12.6 Å². The summed E-state index contributed by atoms with van der Waals surface area (Å²) in [5, 5.41) is 11.8. The molecule has 0 aromatic rings. The van der Waals surface area contributed by atoms with Crippen molar-refractivity contribution < 1.29 is 14.7 Å². The molecule has 5 heteroatoms. The number of imide groups is 1. The number of rotatable bonds is 2. The molecule has 2 N–H and O–H groups in total. The van der Waals surface area contributed by atoms with Crippen molar-refractivity contribution in [1.82, 2.24) is 10.2 Å². The summed E-state index contributed by atoms with van der Waals surface area (Å²) in [6.07, 6.45) is 3.18. The molecule has 0 radical (unpaired) electrons. The van der Waals surface area contributed by atoms with Crippen molar-refractivity contribution in [2.75, 3.05) is 13.1 Å². The lowest BCUT2D eigenvalue weighted by Crippen LogP contribution is -2.37. The van der Waals surface area contributed by atoms with Crippen molar-refractivity contribution in [2.45, 2.75) is 31.8 Å². The van der Waals surface area contributed by atoms with Crippen LogP contribution in [-0.4, -0.2) is 41.1 Å². The van der Waals surface area contributed by atoms with Gasteiger partial charge >= 0.3 is 6.03 Å². The normalized spacial score (nSPS) is 31.9. The average molecular weight is 212 g/mol. The van der Waals surface area contributed by atoms with Gasteiger partial charge in [-0.1, -0.05) is 0 Å². The molecule has 1 saturated heterocycles. The number of hydrogen-bond donors (Lipinski definition) is 2. The molecule has 1 aliphatic carbocycles. The fraction of sp³-hybridized carbons (Fsp3) is 0.800. The van der Waals surface area contributed by atoms with Crippen LogP contribution in [0.4, 0.5) is 4.79 Å². The molecule has 0 spiro atoms. The van der Waals surface area contributed by atoms with Gasteiger partial charge in [0.25, 0.3) is 0 Å². The van der Waals surface area contributed by atoms with E-state index in [0.717, 1.165) is 25.7 Å². The Kier molecular flexibility index (Phi) is 2.90. The molecule has 2 fully saturated rings. The van der Waals surface area contributed by atoms with Gasteiger partial charge in [-0.2, -0.15) is 0 Å². The minimum absolute atomic E-state index is 0.133. The number of hydrogen-bond acceptors (Lipinski definition) is 3. The Balaban J connectivity index is 1.86. The van der Waals surface area contributed by atoms with E-state index >= 15 is 0 Å². The van der Waals surface area contributed by atoms with Gasteiger partial charge in [-0.05, 0) is 31.6 Å². The molecule has 3 amide bonds. The molecule has 5 nitrogen and oxygen atoms in total. The van der Waals surface area contributed by atoms with Gasteiger partial charge in [-0.3, -0.25) is 9.69 Å². The minimum atomic E-state index is -0.272. The smallest absolute Gasteiger partial charge is 0.324 e. The molecule has 1 aliphatic heterocycles. The molecule has 2 rings (SSSR count). The van der Waals surface area contributed by atoms with Crippen molar-refractivity contribution in [3.8, 4) is 0 Å². The highest BCUT2D eigenvalue weighted by Gasteiger charge is 2.31. The molecule has 0 atom stereocenters. The van der Waals surface area contributed by atoms with Crippen LogP contribution in [0.15, 0.2) is 0 Å². The van der Waals surface area contributed by atoms with Crippen LogP contribution < -0.4 is 5.32 Å². The zero-order valence-electron chi connectivity index (χ0n) is 8.61. The molecule has 15 heavy (non-hydrogen) atoms. The summed E-state index contributed by atoms with van der Waals surface area (Å²) in [6.45, 7) is 0.644. The topological polar surface area (TPSA) is 69.6 Å². The molecule has 1 saturated carbocycles. The molecular formula is C10H16N2O3. The second kappa shape index (κ2) is 4.18. The lowest BCUT2D eigenvalue weighted by Gasteiger charge is -2.27. The first-order chi connectivity index (χ1) is 7.16. The van der Waals surface area contributed by atoms with Crippen LogP contribution in [0.3, 0.4) is 0 Å². The predicted molar refractivity (Wildman–Crippen MR) is 53.1 cm³/mol. The van der Waals surface area contributed by atoms with Gasteiger partial charge in [0.1, 0.15) is 0 Å². The zero-order valence-corrected chi connectivity index (χ0v) is 8.61. The van der Waals surface area contributed by atoms with Crippen molar-refractivity contribution in [2.24, 2.45) is 5.92 Å². The van der Waals surface area contributed by atoms with Gasteiger partial charge in [0.2, 0.25) is 5.91 Å². The first-order valence-corrected chi connectivity index (χ1v) is 5.43. The van der Waals surface area contributed by atoms with Crippen LogP contribution in [0.2, 0.25) is 0 Å². The van der Waals surface area contributed by atoms with E-state index in [1.54, 1.807) is 0 Å². The fourth-order valence-corrected chi connectivity index (χ4v) is 2.23. The number of aliphatic hydroxyl groups excluding tert-OH is 1. The van der Waals surface area contributed by atoms with E-state index in [2.05, 4.69) is 5.32 Å². The number of amides is 3. The van der Waals surface area contributed by atoms with Crippen LogP contribution in [0.5, 0.6) is 0 Å². The first kappa shape index (κ1) is 10.4. The van der Waals surface area contributed by atoms with Crippen LogP contribution in [0, 0.1) is 5.92 Å². The molecule has 1 heterocycles. The Morgan fingerprint density at radius 1 is 1.27 bits per heavy atom. The van der Waals surface area contributed by atoms with Gasteiger partial charge in [-0.15, -0.1) is 0 Å². The maximum Gasteiger partial charge on any atom is 0.324 e. The van der Waals surface area contributed by atoms with Crippen LogP contribution >= 0.6 is 0 Å². The Bertz CT molecular complexity index is 256. The number of nitrogens with zero attached hydrogens (tertiary/aromatic N) is 1. The van der Waals surface area contributed by atoms with E-state index in [0.29, 0.717) is 12.5 Å². The third-order valence-corrected chi connectivity index (χ3v) is 3.19. The molecule has 2 aliphatic rings. The zero-order chi connectivity index (χ0) is 10.8. The highest BCUT2D eigenvalue weighted by Crippen LogP contribution is 2.25. The monoisotopic (exact) mass is 212 g/mol. The maximum atomic E-state index is 11.3. The van der Waals surface area contributed by atoms with Gasteiger partial charge in [0.15, 0.2) is 0 Å². The van der Waals surface area contributed by atoms with E-state index in [9.17, 15) is 14.7 Å². The lowest BCUT2D eigenvalue weighted by molar-refractivity contribution is -0.125. The molecule has 0 bridgehead atoms. The van der Waals surface area contributed by atoms with Crippen LogP contribution in [-0.2, 0) is 4.79 Å². The van der Waals surface area contributed by atoms with Gasteiger partial charge in [-0.25, -0.2) is 4.79 Å². The lowest BCUT2D eigenvalue weighted by atomic mass is 9.87. The Morgan fingerprint density at radius 3 is 2.47 bits per heavy atom. The molecular weight excluding hydrogens is 196 g/mol. The third kappa shape index (κ3) is 2.28. The molecule has 0 aromatic heterocycles. The van der Waals surface area contributed by atoms with Crippen molar-refractivity contribution >= 4 is 11.9 Å². The largest absolute Gasteiger partial charge is 0.393 e. The van der Waals surface area contributed by atoms with Crippen LogP contribution in [0.1, 0.15) is 25.7 Å².